The molecule has 1 rings (SSSR count). The van der Waals surface area contributed by atoms with Crippen molar-refractivity contribution in [1.82, 2.24) is 0 Å². The normalized spacial score (nSPS) is 10.6. The Morgan fingerprint density at radius 2 is 2.19 bits per heavy atom. The average molecular weight is 216 g/mol. The minimum atomic E-state index is -0.493. The highest BCUT2D eigenvalue weighted by molar-refractivity contribution is 5.82. The fraction of sp³-hybridized carbons (Fsp3) is 0.154. The van der Waals surface area contributed by atoms with Gasteiger partial charge < -0.3 is 11.1 Å². The van der Waals surface area contributed by atoms with Crippen molar-refractivity contribution in [3.63, 3.8) is 0 Å². The Morgan fingerprint density at radius 1 is 1.50 bits per heavy atom. The first-order chi connectivity index (χ1) is 7.60. The summed E-state index contributed by atoms with van der Waals surface area (Å²) in [5.74, 6) is 4.92. The number of rotatable bonds is 1. The molecule has 0 unspecified atom stereocenters. The van der Waals surface area contributed by atoms with Crippen LogP contribution >= 0.6 is 0 Å². The fourth-order valence-corrected chi connectivity index (χ4v) is 1.17. The van der Waals surface area contributed by atoms with Crippen LogP contribution in [0, 0.1) is 30.0 Å². The Kier molecular flexibility index (Phi) is 3.84. The fourth-order valence-electron chi connectivity index (χ4n) is 1.17. The van der Waals surface area contributed by atoms with Crippen LogP contribution in [0.1, 0.15) is 18.1 Å². The predicted octanol–water partition coefficient (Wildman–Crippen LogP) is 2.66. The lowest BCUT2D eigenvalue weighted by molar-refractivity contribution is 0.628. The zero-order chi connectivity index (χ0) is 12.1. The number of anilines is 1. The molecule has 0 radical (unpaired) electrons. The summed E-state index contributed by atoms with van der Waals surface area (Å²) >= 11 is 0. The average Bonchev–Trinajstić information content (AvgIpc) is 2.29. The number of halogens is 1. The van der Waals surface area contributed by atoms with E-state index in [-0.39, 0.29) is 5.69 Å². The van der Waals surface area contributed by atoms with Gasteiger partial charge in [-0.05, 0) is 25.5 Å². The quantitative estimate of drug-likeness (QED) is 0.423. The molecule has 0 aliphatic carbocycles. The highest BCUT2D eigenvalue weighted by Gasteiger charge is 2.06. The Morgan fingerprint density at radius 3 is 2.75 bits per heavy atom. The van der Waals surface area contributed by atoms with Crippen LogP contribution < -0.4 is 5.73 Å². The lowest BCUT2D eigenvalue weighted by Gasteiger charge is -2.02. The summed E-state index contributed by atoms with van der Waals surface area (Å²) in [5.41, 5.74) is 7.12. The van der Waals surface area contributed by atoms with Gasteiger partial charge in [-0.1, -0.05) is 24.0 Å². The van der Waals surface area contributed by atoms with E-state index in [1.807, 2.05) is 0 Å². The molecule has 1 aromatic rings. The molecule has 0 amide bonds. The molecule has 0 fully saturated rings. The van der Waals surface area contributed by atoms with Crippen molar-refractivity contribution in [3.05, 3.63) is 40.7 Å². The van der Waals surface area contributed by atoms with E-state index in [4.69, 9.17) is 11.1 Å². The molecule has 3 N–H and O–H groups in total. The first-order valence-corrected chi connectivity index (χ1v) is 4.83. The molecule has 0 saturated carbocycles. The van der Waals surface area contributed by atoms with Gasteiger partial charge in [0.2, 0.25) is 0 Å². The molecule has 0 saturated heterocycles. The van der Waals surface area contributed by atoms with Gasteiger partial charge in [-0.3, -0.25) is 0 Å². The number of benzene rings is 1. The second-order valence-electron chi connectivity index (χ2n) is 3.30. The molecule has 1 aromatic carbocycles. The Bertz CT molecular complexity index is 505. The van der Waals surface area contributed by atoms with Gasteiger partial charge >= 0.3 is 0 Å². The minimum Gasteiger partial charge on any atom is -0.396 e. The maximum atomic E-state index is 13.6. The van der Waals surface area contributed by atoms with E-state index < -0.39 is 5.82 Å². The molecular weight excluding hydrogens is 203 g/mol. The van der Waals surface area contributed by atoms with E-state index in [1.54, 1.807) is 26.0 Å². The van der Waals surface area contributed by atoms with Crippen molar-refractivity contribution in [2.45, 2.75) is 13.8 Å². The van der Waals surface area contributed by atoms with Gasteiger partial charge in [0.25, 0.3) is 0 Å². The molecule has 0 aliphatic rings. The zero-order valence-electron chi connectivity index (χ0n) is 9.26. The minimum absolute atomic E-state index is 0.0896. The van der Waals surface area contributed by atoms with E-state index in [0.717, 1.165) is 11.8 Å². The van der Waals surface area contributed by atoms with E-state index in [9.17, 15) is 4.39 Å². The van der Waals surface area contributed by atoms with Crippen molar-refractivity contribution in [2.75, 3.05) is 5.73 Å². The van der Waals surface area contributed by atoms with Crippen LogP contribution in [-0.4, -0.2) is 6.21 Å². The number of hydrogen-bond acceptors (Lipinski definition) is 2. The number of allylic oxidation sites excluding steroid dienone is 2. The second-order valence-corrected chi connectivity index (χ2v) is 3.30. The summed E-state index contributed by atoms with van der Waals surface area (Å²) < 4.78 is 13.6. The largest absolute Gasteiger partial charge is 0.396 e. The summed E-state index contributed by atoms with van der Waals surface area (Å²) in [7, 11) is 0. The molecule has 0 heterocycles. The Balaban J connectivity index is 3.25. The monoisotopic (exact) mass is 216 g/mol. The Hall–Kier alpha value is -2.08. The SMILES string of the molecule is C/C=C(/C#Cc1c(C)ccc(N)c1F)C=N. The number of nitrogens with two attached hydrogens (primary N) is 1. The molecule has 0 aliphatic heterocycles. The van der Waals surface area contributed by atoms with Gasteiger partial charge in [-0.15, -0.1) is 0 Å². The van der Waals surface area contributed by atoms with Gasteiger partial charge in [0.05, 0.1) is 11.3 Å². The number of nitrogen functional groups attached to an aromatic ring is 1. The molecule has 0 aromatic heterocycles. The molecule has 0 atom stereocenters. The number of hydrogen-bond donors (Lipinski definition) is 2. The van der Waals surface area contributed by atoms with E-state index >= 15 is 0 Å². The highest BCUT2D eigenvalue weighted by atomic mass is 19.1. The van der Waals surface area contributed by atoms with Gasteiger partial charge in [0.1, 0.15) is 0 Å². The molecule has 82 valence electrons. The van der Waals surface area contributed by atoms with E-state index in [2.05, 4.69) is 11.8 Å². The topological polar surface area (TPSA) is 49.9 Å². The van der Waals surface area contributed by atoms with E-state index in [0.29, 0.717) is 11.1 Å². The second kappa shape index (κ2) is 5.13. The van der Waals surface area contributed by atoms with Gasteiger partial charge in [0, 0.05) is 11.8 Å². The first-order valence-electron chi connectivity index (χ1n) is 4.83. The highest BCUT2D eigenvalue weighted by Crippen LogP contribution is 2.17. The summed E-state index contributed by atoms with van der Waals surface area (Å²) in [5, 5.41) is 7.06. The lowest BCUT2D eigenvalue weighted by Crippen LogP contribution is -1.96. The summed E-state index contributed by atoms with van der Waals surface area (Å²) in [6.45, 7) is 3.55. The number of aryl methyl sites for hydroxylation is 1. The molecule has 2 nitrogen and oxygen atoms in total. The third-order valence-electron chi connectivity index (χ3n) is 2.18. The lowest BCUT2D eigenvalue weighted by atomic mass is 10.1. The van der Waals surface area contributed by atoms with Crippen LogP contribution in [0.4, 0.5) is 10.1 Å². The van der Waals surface area contributed by atoms with Crippen LogP contribution in [-0.2, 0) is 0 Å². The number of nitrogens with one attached hydrogen (secondary N) is 1. The smallest absolute Gasteiger partial charge is 0.161 e. The Labute approximate surface area is 94.5 Å². The van der Waals surface area contributed by atoms with Crippen LogP contribution in [0.15, 0.2) is 23.8 Å². The molecular formula is C13H13FN2. The maximum Gasteiger partial charge on any atom is 0.161 e. The summed E-state index contributed by atoms with van der Waals surface area (Å²) in [4.78, 5) is 0. The standard InChI is InChI=1S/C13H13FN2/c1-3-10(8-15)5-6-11-9(2)4-7-12(16)13(11)14/h3-4,7-8,15H,16H2,1-2H3/b10-3-,15-8?. The van der Waals surface area contributed by atoms with Crippen LogP contribution in [0.3, 0.4) is 0 Å². The van der Waals surface area contributed by atoms with Crippen LogP contribution in [0.2, 0.25) is 0 Å². The summed E-state index contributed by atoms with van der Waals surface area (Å²) in [6, 6.07) is 3.24. The van der Waals surface area contributed by atoms with Crippen LogP contribution in [0.25, 0.3) is 0 Å². The van der Waals surface area contributed by atoms with E-state index in [1.165, 1.54) is 6.07 Å². The maximum absolute atomic E-state index is 13.6. The van der Waals surface area contributed by atoms with Crippen LogP contribution in [0.5, 0.6) is 0 Å². The predicted molar refractivity (Wildman–Crippen MR) is 65.0 cm³/mol. The molecule has 16 heavy (non-hydrogen) atoms. The van der Waals surface area contributed by atoms with Crippen molar-refractivity contribution in [2.24, 2.45) is 0 Å². The van der Waals surface area contributed by atoms with Crippen molar-refractivity contribution < 1.29 is 4.39 Å². The molecule has 3 heteroatoms. The van der Waals surface area contributed by atoms with Crippen molar-refractivity contribution in [1.29, 1.82) is 5.41 Å². The van der Waals surface area contributed by atoms with Gasteiger partial charge in [-0.2, -0.15) is 0 Å². The zero-order valence-corrected chi connectivity index (χ0v) is 9.26. The summed E-state index contributed by atoms with van der Waals surface area (Å²) in [6.07, 6.45) is 2.83. The van der Waals surface area contributed by atoms with Crippen molar-refractivity contribution >= 4 is 11.9 Å². The van der Waals surface area contributed by atoms with Gasteiger partial charge in [0.15, 0.2) is 5.82 Å². The molecule has 0 bridgehead atoms. The first kappa shape index (κ1) is 12.0. The third-order valence-corrected chi connectivity index (χ3v) is 2.18. The third kappa shape index (κ3) is 2.48. The molecule has 0 spiro atoms. The van der Waals surface area contributed by atoms with Gasteiger partial charge in [-0.25, -0.2) is 4.39 Å². The van der Waals surface area contributed by atoms with Crippen molar-refractivity contribution in [3.8, 4) is 11.8 Å².